The van der Waals surface area contributed by atoms with Gasteiger partial charge in [-0.1, -0.05) is 11.8 Å². The summed E-state index contributed by atoms with van der Waals surface area (Å²) in [5.41, 5.74) is 5.82. The molecule has 1 aromatic rings. The van der Waals surface area contributed by atoms with Crippen LogP contribution in [0.4, 0.5) is 0 Å². The second kappa shape index (κ2) is 8.74. The predicted molar refractivity (Wildman–Crippen MR) is 72.9 cm³/mol. The van der Waals surface area contributed by atoms with Gasteiger partial charge in [0.2, 0.25) is 0 Å². The lowest BCUT2D eigenvalue weighted by Gasteiger charge is -2.05. The van der Waals surface area contributed by atoms with E-state index in [1.807, 2.05) is 6.07 Å². The first kappa shape index (κ1) is 15.6. The van der Waals surface area contributed by atoms with E-state index in [9.17, 15) is 0 Å². The fourth-order valence-electron chi connectivity index (χ4n) is 1.06. The molecule has 92 valence electrons. The van der Waals surface area contributed by atoms with Gasteiger partial charge in [-0.3, -0.25) is 5.41 Å². The van der Waals surface area contributed by atoms with E-state index in [-0.39, 0.29) is 17.6 Å². The fourth-order valence-corrected chi connectivity index (χ4v) is 1.54. The standard InChI is InChI=1S/C11H13N3OS.ClH/c12-8-9-2-4-10(5-3-9)15-6-1-7-16-11(13)14;/h2-5H,1,6-7H2,(H3,13,14);1H. The summed E-state index contributed by atoms with van der Waals surface area (Å²) >= 11 is 1.31. The fraction of sp³-hybridized carbons (Fsp3) is 0.273. The van der Waals surface area contributed by atoms with Crippen molar-refractivity contribution < 1.29 is 4.74 Å². The van der Waals surface area contributed by atoms with E-state index in [0.29, 0.717) is 12.2 Å². The summed E-state index contributed by atoms with van der Waals surface area (Å²) in [4.78, 5) is 0. The van der Waals surface area contributed by atoms with Crippen molar-refractivity contribution in [3.05, 3.63) is 29.8 Å². The highest BCUT2D eigenvalue weighted by molar-refractivity contribution is 8.13. The number of ether oxygens (including phenoxy) is 1. The third kappa shape index (κ3) is 6.72. The lowest BCUT2D eigenvalue weighted by atomic mass is 10.2. The minimum atomic E-state index is 0. The van der Waals surface area contributed by atoms with E-state index >= 15 is 0 Å². The number of nitrogens with one attached hydrogen (secondary N) is 1. The van der Waals surface area contributed by atoms with Crippen LogP contribution in [0.2, 0.25) is 0 Å². The Hall–Kier alpha value is -1.38. The first-order valence-electron chi connectivity index (χ1n) is 4.82. The average Bonchev–Trinajstić information content (AvgIpc) is 2.29. The lowest BCUT2D eigenvalue weighted by molar-refractivity contribution is 0.319. The molecule has 0 aliphatic heterocycles. The molecule has 17 heavy (non-hydrogen) atoms. The van der Waals surface area contributed by atoms with Crippen LogP contribution >= 0.6 is 24.2 Å². The molecule has 0 fully saturated rings. The monoisotopic (exact) mass is 271 g/mol. The third-order valence-corrected chi connectivity index (χ3v) is 2.60. The van der Waals surface area contributed by atoms with Gasteiger partial charge < -0.3 is 10.5 Å². The normalized spacial score (nSPS) is 8.88. The van der Waals surface area contributed by atoms with E-state index in [1.54, 1.807) is 24.3 Å². The smallest absolute Gasteiger partial charge is 0.151 e. The minimum Gasteiger partial charge on any atom is -0.494 e. The van der Waals surface area contributed by atoms with Crippen molar-refractivity contribution in [2.24, 2.45) is 5.73 Å². The second-order valence-electron chi connectivity index (χ2n) is 3.05. The molecule has 0 spiro atoms. The van der Waals surface area contributed by atoms with E-state index in [4.69, 9.17) is 21.1 Å². The van der Waals surface area contributed by atoms with E-state index in [2.05, 4.69) is 0 Å². The van der Waals surface area contributed by atoms with Crippen molar-refractivity contribution in [1.82, 2.24) is 0 Å². The van der Waals surface area contributed by atoms with Crippen molar-refractivity contribution >= 4 is 29.3 Å². The van der Waals surface area contributed by atoms with Crippen LogP contribution in [0.25, 0.3) is 0 Å². The quantitative estimate of drug-likeness (QED) is 0.489. The number of nitrogens with zero attached hydrogens (tertiary/aromatic N) is 1. The summed E-state index contributed by atoms with van der Waals surface area (Å²) in [6, 6.07) is 9.04. The number of rotatable bonds is 5. The molecule has 6 heteroatoms. The van der Waals surface area contributed by atoms with Crippen molar-refractivity contribution in [2.75, 3.05) is 12.4 Å². The molecular weight excluding hydrogens is 258 g/mol. The molecule has 3 N–H and O–H groups in total. The molecule has 0 aromatic heterocycles. The van der Waals surface area contributed by atoms with Crippen molar-refractivity contribution in [2.45, 2.75) is 6.42 Å². The number of amidine groups is 1. The summed E-state index contributed by atoms with van der Waals surface area (Å²) in [7, 11) is 0. The van der Waals surface area contributed by atoms with Crippen LogP contribution in [0.5, 0.6) is 5.75 Å². The molecule has 0 atom stereocenters. The van der Waals surface area contributed by atoms with E-state index in [1.165, 1.54) is 11.8 Å². The number of hydrogen-bond acceptors (Lipinski definition) is 4. The zero-order valence-corrected chi connectivity index (χ0v) is 10.8. The number of hydrogen-bond donors (Lipinski definition) is 2. The number of benzene rings is 1. The van der Waals surface area contributed by atoms with Gasteiger partial charge in [0, 0.05) is 5.75 Å². The number of nitriles is 1. The molecule has 0 unspecified atom stereocenters. The van der Waals surface area contributed by atoms with E-state index in [0.717, 1.165) is 17.9 Å². The highest BCUT2D eigenvalue weighted by atomic mass is 35.5. The van der Waals surface area contributed by atoms with Crippen molar-refractivity contribution in [3.8, 4) is 11.8 Å². The van der Waals surface area contributed by atoms with Gasteiger partial charge in [0.1, 0.15) is 5.75 Å². The molecule has 4 nitrogen and oxygen atoms in total. The van der Waals surface area contributed by atoms with Gasteiger partial charge in [-0.15, -0.1) is 12.4 Å². The van der Waals surface area contributed by atoms with Crippen LogP contribution in [0.15, 0.2) is 24.3 Å². The molecular formula is C11H14ClN3OS. The number of halogens is 1. The highest BCUT2D eigenvalue weighted by Crippen LogP contribution is 2.12. The SMILES string of the molecule is Cl.N#Cc1ccc(OCCCSC(=N)N)cc1. The van der Waals surface area contributed by atoms with Crippen molar-refractivity contribution in [1.29, 1.82) is 10.7 Å². The van der Waals surface area contributed by atoms with Crippen LogP contribution in [0.3, 0.4) is 0 Å². The summed E-state index contributed by atoms with van der Waals surface area (Å²) in [5.74, 6) is 1.54. The average molecular weight is 272 g/mol. The van der Waals surface area contributed by atoms with Crippen LogP contribution in [-0.2, 0) is 0 Å². The van der Waals surface area contributed by atoms with Crippen LogP contribution in [0.1, 0.15) is 12.0 Å². The van der Waals surface area contributed by atoms with E-state index < -0.39 is 0 Å². The van der Waals surface area contributed by atoms with Crippen LogP contribution < -0.4 is 10.5 Å². The Balaban J connectivity index is 0.00000256. The summed E-state index contributed by atoms with van der Waals surface area (Å²) in [6.45, 7) is 0.589. The van der Waals surface area contributed by atoms with Gasteiger partial charge in [0.15, 0.2) is 5.17 Å². The Kier molecular flexibility index (Phi) is 8.03. The predicted octanol–water partition coefficient (Wildman–Crippen LogP) is 2.38. The van der Waals surface area contributed by atoms with Gasteiger partial charge >= 0.3 is 0 Å². The van der Waals surface area contributed by atoms with Crippen LogP contribution in [-0.4, -0.2) is 17.5 Å². The maximum Gasteiger partial charge on any atom is 0.151 e. The number of thioether (sulfide) groups is 1. The second-order valence-corrected chi connectivity index (χ2v) is 4.19. The molecule has 0 aliphatic rings. The summed E-state index contributed by atoms with van der Waals surface area (Å²) in [5, 5.41) is 15.7. The van der Waals surface area contributed by atoms with Gasteiger partial charge in [-0.25, -0.2) is 0 Å². The molecule has 0 aliphatic carbocycles. The zero-order valence-electron chi connectivity index (χ0n) is 9.18. The molecule has 1 rings (SSSR count). The maximum absolute atomic E-state index is 8.60. The molecule has 0 amide bonds. The summed E-state index contributed by atoms with van der Waals surface area (Å²) in [6.07, 6.45) is 0.838. The van der Waals surface area contributed by atoms with Gasteiger partial charge in [-0.05, 0) is 30.7 Å². The molecule has 0 radical (unpaired) electrons. The molecule has 0 heterocycles. The Labute approximate surface area is 111 Å². The Morgan fingerprint density at radius 1 is 1.41 bits per heavy atom. The highest BCUT2D eigenvalue weighted by Gasteiger charge is 1.95. The molecule has 0 bridgehead atoms. The maximum atomic E-state index is 8.60. The first-order chi connectivity index (χ1) is 7.72. The number of nitrogens with two attached hydrogens (primary N) is 1. The lowest BCUT2D eigenvalue weighted by Crippen LogP contribution is -2.06. The summed E-state index contributed by atoms with van der Waals surface area (Å²) < 4.78 is 5.45. The largest absolute Gasteiger partial charge is 0.494 e. The van der Waals surface area contributed by atoms with Gasteiger partial charge in [-0.2, -0.15) is 5.26 Å². The third-order valence-electron chi connectivity index (χ3n) is 1.80. The minimum absolute atomic E-state index is 0. The Morgan fingerprint density at radius 2 is 2.06 bits per heavy atom. The molecule has 0 saturated heterocycles. The Morgan fingerprint density at radius 3 is 2.59 bits per heavy atom. The molecule has 0 saturated carbocycles. The zero-order chi connectivity index (χ0) is 11.8. The first-order valence-corrected chi connectivity index (χ1v) is 5.80. The molecule has 1 aromatic carbocycles. The van der Waals surface area contributed by atoms with Crippen LogP contribution in [0, 0.1) is 16.7 Å². The Bertz CT molecular complexity index is 389. The van der Waals surface area contributed by atoms with Crippen molar-refractivity contribution in [3.63, 3.8) is 0 Å². The van der Waals surface area contributed by atoms with Gasteiger partial charge in [0.25, 0.3) is 0 Å². The topological polar surface area (TPSA) is 82.9 Å². The van der Waals surface area contributed by atoms with Gasteiger partial charge in [0.05, 0.1) is 18.2 Å².